The quantitative estimate of drug-likeness (QED) is 0.670. The summed E-state index contributed by atoms with van der Waals surface area (Å²) in [6.07, 6.45) is 5.78. The molecule has 1 N–H and O–H groups in total. The van der Waals surface area contributed by atoms with Crippen LogP contribution < -0.4 is 14.8 Å². The minimum absolute atomic E-state index is 0.0854. The third-order valence-corrected chi connectivity index (χ3v) is 3.74. The Hall–Kier alpha value is -2.48. The molecule has 2 rings (SSSR count). The van der Waals surface area contributed by atoms with E-state index in [0.717, 1.165) is 25.7 Å². The van der Waals surface area contributed by atoms with Gasteiger partial charge in [-0.3, -0.25) is 4.79 Å². The molecule has 0 aromatic heterocycles. The van der Waals surface area contributed by atoms with Crippen LogP contribution in [0.4, 0.5) is 0 Å². The van der Waals surface area contributed by atoms with Crippen LogP contribution in [0, 0.1) is 11.3 Å². The van der Waals surface area contributed by atoms with E-state index in [1.807, 2.05) is 6.07 Å². The van der Waals surface area contributed by atoms with Crippen molar-refractivity contribution in [3.05, 3.63) is 29.3 Å². The van der Waals surface area contributed by atoms with Crippen LogP contribution in [0.1, 0.15) is 31.2 Å². The van der Waals surface area contributed by atoms with Crippen molar-refractivity contribution in [1.29, 1.82) is 5.26 Å². The zero-order chi connectivity index (χ0) is 15.9. The molecule has 1 fully saturated rings. The van der Waals surface area contributed by atoms with Gasteiger partial charge < -0.3 is 14.8 Å². The molecule has 0 spiro atoms. The van der Waals surface area contributed by atoms with E-state index in [2.05, 4.69) is 5.32 Å². The van der Waals surface area contributed by atoms with Crippen LogP contribution in [0.25, 0.3) is 6.08 Å². The Morgan fingerprint density at radius 1 is 1.23 bits per heavy atom. The number of hydrogen-bond acceptors (Lipinski definition) is 4. The lowest BCUT2D eigenvalue weighted by Crippen LogP contribution is -2.33. The molecule has 1 amide bonds. The zero-order valence-electron chi connectivity index (χ0n) is 12.9. The standard InChI is InChI=1S/C17H20N2O3/c1-21-15-8-12(9-16(10-15)22-2)7-13(11-18)17(20)19-14-5-3-4-6-14/h7-10,14H,3-6H2,1-2H3,(H,19,20)/b13-7-. The topological polar surface area (TPSA) is 71.3 Å². The van der Waals surface area contributed by atoms with Gasteiger partial charge in [0.2, 0.25) is 0 Å². The summed E-state index contributed by atoms with van der Waals surface area (Å²) in [6.45, 7) is 0. The summed E-state index contributed by atoms with van der Waals surface area (Å²) in [5.74, 6) is 0.898. The van der Waals surface area contributed by atoms with E-state index in [1.165, 1.54) is 0 Å². The summed E-state index contributed by atoms with van der Waals surface area (Å²) >= 11 is 0. The molecule has 1 aliphatic carbocycles. The van der Waals surface area contributed by atoms with E-state index in [-0.39, 0.29) is 17.5 Å². The fraction of sp³-hybridized carbons (Fsp3) is 0.412. The van der Waals surface area contributed by atoms with Gasteiger partial charge in [-0.25, -0.2) is 0 Å². The fourth-order valence-electron chi connectivity index (χ4n) is 2.56. The second-order valence-electron chi connectivity index (χ2n) is 5.27. The predicted molar refractivity (Wildman–Crippen MR) is 83.5 cm³/mol. The van der Waals surface area contributed by atoms with Crippen molar-refractivity contribution in [2.24, 2.45) is 0 Å². The number of carbonyl (C=O) groups is 1. The summed E-state index contributed by atoms with van der Waals surface area (Å²) in [7, 11) is 3.11. The van der Waals surface area contributed by atoms with Crippen LogP contribution >= 0.6 is 0 Å². The van der Waals surface area contributed by atoms with Gasteiger partial charge in [-0.15, -0.1) is 0 Å². The van der Waals surface area contributed by atoms with Crippen LogP contribution in [0.15, 0.2) is 23.8 Å². The average molecular weight is 300 g/mol. The molecule has 0 unspecified atom stereocenters. The SMILES string of the molecule is COc1cc(/C=C(/C#N)C(=O)NC2CCCC2)cc(OC)c1. The average Bonchev–Trinajstić information content (AvgIpc) is 3.04. The molecule has 1 aromatic rings. The van der Waals surface area contributed by atoms with Gasteiger partial charge in [0.05, 0.1) is 14.2 Å². The van der Waals surface area contributed by atoms with Gasteiger partial charge in [0, 0.05) is 12.1 Å². The van der Waals surface area contributed by atoms with E-state index in [9.17, 15) is 10.1 Å². The summed E-state index contributed by atoms with van der Waals surface area (Å²) in [4.78, 5) is 12.2. The normalized spacial score (nSPS) is 15.2. The Labute approximate surface area is 130 Å². The number of nitrogens with one attached hydrogen (secondary N) is 1. The number of nitriles is 1. The number of rotatable bonds is 5. The maximum atomic E-state index is 12.2. The molecule has 5 heteroatoms. The number of nitrogens with zero attached hydrogens (tertiary/aromatic N) is 1. The molecule has 0 aliphatic heterocycles. The predicted octanol–water partition coefficient (Wildman–Crippen LogP) is 2.67. The molecule has 1 aromatic carbocycles. The molecular weight excluding hydrogens is 280 g/mol. The molecule has 0 radical (unpaired) electrons. The smallest absolute Gasteiger partial charge is 0.262 e. The Morgan fingerprint density at radius 3 is 2.32 bits per heavy atom. The minimum Gasteiger partial charge on any atom is -0.497 e. The first-order valence-corrected chi connectivity index (χ1v) is 7.32. The second kappa shape index (κ2) is 7.51. The van der Waals surface area contributed by atoms with E-state index in [4.69, 9.17) is 9.47 Å². The number of hydrogen-bond donors (Lipinski definition) is 1. The molecular formula is C17H20N2O3. The molecule has 1 saturated carbocycles. The van der Waals surface area contributed by atoms with Gasteiger partial charge in [0.15, 0.2) is 0 Å². The van der Waals surface area contributed by atoms with Crippen molar-refractivity contribution < 1.29 is 14.3 Å². The lowest BCUT2D eigenvalue weighted by atomic mass is 10.1. The largest absolute Gasteiger partial charge is 0.497 e. The molecule has 116 valence electrons. The Balaban J connectivity index is 2.20. The highest BCUT2D eigenvalue weighted by atomic mass is 16.5. The summed E-state index contributed by atoms with van der Waals surface area (Å²) in [6, 6.07) is 7.39. The third kappa shape index (κ3) is 4.01. The highest BCUT2D eigenvalue weighted by Crippen LogP contribution is 2.24. The number of benzene rings is 1. The number of carbonyl (C=O) groups excluding carboxylic acids is 1. The Kier molecular flexibility index (Phi) is 5.42. The molecule has 0 atom stereocenters. The van der Waals surface area contributed by atoms with Crippen molar-refractivity contribution >= 4 is 12.0 Å². The van der Waals surface area contributed by atoms with Crippen molar-refractivity contribution in [1.82, 2.24) is 5.32 Å². The minimum atomic E-state index is -0.323. The van der Waals surface area contributed by atoms with E-state index in [1.54, 1.807) is 38.5 Å². The molecule has 0 heterocycles. The van der Waals surface area contributed by atoms with Crippen LogP contribution in [0.3, 0.4) is 0 Å². The first-order valence-electron chi connectivity index (χ1n) is 7.32. The van der Waals surface area contributed by atoms with E-state index < -0.39 is 0 Å². The van der Waals surface area contributed by atoms with Crippen molar-refractivity contribution in [2.75, 3.05) is 14.2 Å². The lowest BCUT2D eigenvalue weighted by Gasteiger charge is -2.11. The monoisotopic (exact) mass is 300 g/mol. The summed E-state index contributed by atoms with van der Waals surface area (Å²) in [5.41, 5.74) is 0.775. The van der Waals surface area contributed by atoms with Crippen LogP contribution in [0.2, 0.25) is 0 Å². The maximum absolute atomic E-state index is 12.2. The number of amides is 1. The van der Waals surface area contributed by atoms with Gasteiger partial charge in [0.1, 0.15) is 23.1 Å². The highest BCUT2D eigenvalue weighted by Gasteiger charge is 2.19. The van der Waals surface area contributed by atoms with Gasteiger partial charge in [-0.1, -0.05) is 12.8 Å². The summed E-state index contributed by atoms with van der Waals surface area (Å²) < 4.78 is 10.4. The first-order chi connectivity index (χ1) is 10.7. The molecule has 0 saturated heterocycles. The Morgan fingerprint density at radius 2 is 1.82 bits per heavy atom. The molecule has 1 aliphatic rings. The van der Waals surface area contributed by atoms with E-state index in [0.29, 0.717) is 17.1 Å². The van der Waals surface area contributed by atoms with Gasteiger partial charge in [0.25, 0.3) is 5.91 Å². The van der Waals surface area contributed by atoms with Gasteiger partial charge in [-0.2, -0.15) is 5.26 Å². The number of methoxy groups -OCH3 is 2. The fourth-order valence-corrected chi connectivity index (χ4v) is 2.56. The van der Waals surface area contributed by atoms with Gasteiger partial charge in [-0.05, 0) is 36.6 Å². The molecule has 0 bridgehead atoms. The summed E-state index contributed by atoms with van der Waals surface area (Å²) in [5, 5.41) is 12.2. The second-order valence-corrected chi connectivity index (χ2v) is 5.27. The zero-order valence-corrected chi connectivity index (χ0v) is 12.9. The van der Waals surface area contributed by atoms with Crippen LogP contribution in [0.5, 0.6) is 11.5 Å². The van der Waals surface area contributed by atoms with Crippen molar-refractivity contribution in [2.45, 2.75) is 31.7 Å². The van der Waals surface area contributed by atoms with Crippen molar-refractivity contribution in [3.8, 4) is 17.6 Å². The lowest BCUT2D eigenvalue weighted by molar-refractivity contribution is -0.117. The molecule has 5 nitrogen and oxygen atoms in total. The maximum Gasteiger partial charge on any atom is 0.262 e. The van der Waals surface area contributed by atoms with Crippen LogP contribution in [-0.2, 0) is 4.79 Å². The van der Waals surface area contributed by atoms with Crippen molar-refractivity contribution in [3.63, 3.8) is 0 Å². The van der Waals surface area contributed by atoms with E-state index >= 15 is 0 Å². The highest BCUT2D eigenvalue weighted by molar-refractivity contribution is 6.01. The number of ether oxygens (including phenoxy) is 2. The van der Waals surface area contributed by atoms with Crippen LogP contribution in [-0.4, -0.2) is 26.2 Å². The molecule has 22 heavy (non-hydrogen) atoms. The Bertz CT molecular complexity index is 589. The first kappa shape index (κ1) is 15.9. The van der Waals surface area contributed by atoms with Gasteiger partial charge >= 0.3 is 0 Å². The third-order valence-electron chi connectivity index (χ3n) is 3.74.